The zero-order chi connectivity index (χ0) is 21.3. The van der Waals surface area contributed by atoms with Crippen LogP contribution in [-0.2, 0) is 17.9 Å². The molecule has 1 amide bonds. The number of nitrogens with one attached hydrogen (secondary N) is 1. The fourth-order valence-corrected chi connectivity index (χ4v) is 4.29. The minimum absolute atomic E-state index is 0.154. The molecule has 154 valence electrons. The third-order valence-corrected chi connectivity index (χ3v) is 5.91. The molecule has 2 heterocycles. The molecule has 0 atom stereocenters. The van der Waals surface area contributed by atoms with Crippen LogP contribution < -0.4 is 5.32 Å². The second kappa shape index (κ2) is 8.23. The molecule has 0 unspecified atom stereocenters. The van der Waals surface area contributed by atoms with Gasteiger partial charge in [-0.2, -0.15) is 5.10 Å². The van der Waals surface area contributed by atoms with Crippen molar-refractivity contribution in [2.45, 2.75) is 33.9 Å². The summed E-state index contributed by atoms with van der Waals surface area (Å²) in [5.74, 6) is -0.285. The molecule has 4 rings (SSSR count). The molecule has 0 aliphatic carbocycles. The minimum atomic E-state index is -0.548. The van der Waals surface area contributed by atoms with Crippen LogP contribution in [-0.4, -0.2) is 20.9 Å². The number of amides is 1. The lowest BCUT2D eigenvalue weighted by Gasteiger charge is -2.06. The highest BCUT2D eigenvalue weighted by Crippen LogP contribution is 2.33. The molecule has 6 nitrogen and oxygen atoms in total. The SMILES string of the molecule is CCn1ncc2cc(COC(=O)Nc3sc(-c4ccc(F)cc4C)nc3C)ccc21. The van der Waals surface area contributed by atoms with E-state index in [2.05, 4.69) is 15.4 Å². The van der Waals surface area contributed by atoms with Crippen molar-refractivity contribution in [2.24, 2.45) is 0 Å². The molecule has 0 aliphatic rings. The van der Waals surface area contributed by atoms with Gasteiger partial charge in [-0.05, 0) is 62.2 Å². The lowest BCUT2D eigenvalue weighted by Crippen LogP contribution is -2.13. The molecule has 0 saturated heterocycles. The van der Waals surface area contributed by atoms with E-state index in [1.165, 1.54) is 23.5 Å². The number of aryl methyl sites for hydroxylation is 3. The summed E-state index contributed by atoms with van der Waals surface area (Å²) in [5.41, 5.74) is 4.25. The monoisotopic (exact) mass is 424 g/mol. The number of ether oxygens (including phenoxy) is 1. The zero-order valence-corrected chi connectivity index (χ0v) is 17.7. The Balaban J connectivity index is 1.42. The van der Waals surface area contributed by atoms with Gasteiger partial charge in [0.1, 0.15) is 22.4 Å². The Morgan fingerprint density at radius 2 is 2.07 bits per heavy atom. The highest BCUT2D eigenvalue weighted by Gasteiger charge is 2.15. The number of halogens is 1. The Kier molecular flexibility index (Phi) is 5.50. The first-order valence-electron chi connectivity index (χ1n) is 9.56. The molecule has 1 N–H and O–H groups in total. The fraction of sp³-hybridized carbons (Fsp3) is 0.227. The van der Waals surface area contributed by atoms with Crippen LogP contribution in [0.15, 0.2) is 42.6 Å². The van der Waals surface area contributed by atoms with E-state index in [0.717, 1.165) is 39.1 Å². The van der Waals surface area contributed by atoms with Crippen molar-refractivity contribution in [3.05, 3.63) is 65.2 Å². The topological polar surface area (TPSA) is 69.0 Å². The van der Waals surface area contributed by atoms with Crippen LogP contribution in [0.2, 0.25) is 0 Å². The molecule has 0 spiro atoms. The van der Waals surface area contributed by atoms with E-state index in [-0.39, 0.29) is 12.4 Å². The van der Waals surface area contributed by atoms with Crippen molar-refractivity contribution in [1.29, 1.82) is 0 Å². The van der Waals surface area contributed by atoms with Gasteiger partial charge in [-0.25, -0.2) is 14.2 Å². The average molecular weight is 425 g/mol. The van der Waals surface area contributed by atoms with Gasteiger partial charge >= 0.3 is 6.09 Å². The Bertz CT molecular complexity index is 1230. The summed E-state index contributed by atoms with van der Waals surface area (Å²) in [4.78, 5) is 16.8. The number of rotatable bonds is 5. The Morgan fingerprint density at radius 1 is 1.23 bits per heavy atom. The standard InChI is InChI=1S/C22H21FN4O2S/c1-4-27-19-8-5-15(10-16(19)11-24-27)12-29-22(28)26-20-14(3)25-21(30-20)18-7-6-17(23)9-13(18)2/h5-11H,4,12H2,1-3H3,(H,26,28). The normalized spacial score (nSPS) is 11.1. The van der Waals surface area contributed by atoms with Gasteiger partial charge in [0.15, 0.2) is 0 Å². The molecule has 0 radical (unpaired) electrons. The molecule has 30 heavy (non-hydrogen) atoms. The molecular formula is C22H21FN4O2S. The molecule has 4 aromatic rings. The van der Waals surface area contributed by atoms with Gasteiger partial charge in [-0.3, -0.25) is 10.00 Å². The first-order chi connectivity index (χ1) is 14.4. The first kappa shape index (κ1) is 20.0. The van der Waals surface area contributed by atoms with Crippen LogP contribution in [0, 0.1) is 19.7 Å². The van der Waals surface area contributed by atoms with E-state index in [1.54, 1.807) is 6.07 Å². The molecule has 8 heteroatoms. The summed E-state index contributed by atoms with van der Waals surface area (Å²) in [5, 5.41) is 9.42. The third kappa shape index (κ3) is 4.04. The maximum Gasteiger partial charge on any atom is 0.412 e. The number of aromatic nitrogens is 3. The Hall–Kier alpha value is -3.26. The minimum Gasteiger partial charge on any atom is -0.444 e. The number of fused-ring (bicyclic) bond motifs is 1. The smallest absolute Gasteiger partial charge is 0.412 e. The molecule has 2 aromatic heterocycles. The number of hydrogen-bond acceptors (Lipinski definition) is 5. The van der Waals surface area contributed by atoms with Crippen molar-refractivity contribution >= 4 is 33.3 Å². The van der Waals surface area contributed by atoms with E-state index >= 15 is 0 Å². The van der Waals surface area contributed by atoms with E-state index in [9.17, 15) is 9.18 Å². The predicted octanol–water partition coefficient (Wildman–Crippen LogP) is 5.68. The number of anilines is 1. The molecule has 0 bridgehead atoms. The molecule has 0 fully saturated rings. The Morgan fingerprint density at radius 3 is 2.83 bits per heavy atom. The van der Waals surface area contributed by atoms with Crippen molar-refractivity contribution in [3.8, 4) is 10.6 Å². The number of nitrogens with zero attached hydrogens (tertiary/aromatic N) is 3. The van der Waals surface area contributed by atoms with Gasteiger partial charge in [0, 0.05) is 17.5 Å². The van der Waals surface area contributed by atoms with Crippen LogP contribution in [0.3, 0.4) is 0 Å². The van der Waals surface area contributed by atoms with Crippen molar-refractivity contribution in [1.82, 2.24) is 14.8 Å². The highest BCUT2D eigenvalue weighted by atomic mass is 32.1. The maximum absolute atomic E-state index is 13.4. The summed E-state index contributed by atoms with van der Waals surface area (Å²) < 4.78 is 20.6. The largest absolute Gasteiger partial charge is 0.444 e. The number of carbonyl (C=O) groups is 1. The maximum atomic E-state index is 13.4. The number of thiazole rings is 1. The lowest BCUT2D eigenvalue weighted by molar-refractivity contribution is 0.155. The zero-order valence-electron chi connectivity index (χ0n) is 16.9. The van der Waals surface area contributed by atoms with Crippen molar-refractivity contribution < 1.29 is 13.9 Å². The van der Waals surface area contributed by atoms with E-state index in [0.29, 0.717) is 10.7 Å². The quantitative estimate of drug-likeness (QED) is 0.447. The van der Waals surface area contributed by atoms with E-state index in [1.807, 2.05) is 49.8 Å². The highest BCUT2D eigenvalue weighted by molar-refractivity contribution is 7.19. The molecule has 0 saturated carbocycles. The van der Waals surface area contributed by atoms with Gasteiger partial charge in [0.05, 0.1) is 17.4 Å². The Labute approximate surface area is 177 Å². The number of benzene rings is 2. The number of carbonyl (C=O) groups excluding carboxylic acids is 1. The second-order valence-electron chi connectivity index (χ2n) is 6.95. The number of hydrogen-bond donors (Lipinski definition) is 1. The van der Waals surface area contributed by atoms with Crippen LogP contribution in [0.25, 0.3) is 21.5 Å². The van der Waals surface area contributed by atoms with Crippen LogP contribution in [0.4, 0.5) is 14.2 Å². The van der Waals surface area contributed by atoms with Gasteiger partial charge in [-0.15, -0.1) is 0 Å². The fourth-order valence-electron chi connectivity index (χ4n) is 3.25. The van der Waals surface area contributed by atoms with Crippen molar-refractivity contribution in [2.75, 3.05) is 5.32 Å². The molecule has 2 aromatic carbocycles. The predicted molar refractivity (Wildman–Crippen MR) is 116 cm³/mol. The summed E-state index contributed by atoms with van der Waals surface area (Å²) >= 11 is 1.33. The molecular weight excluding hydrogens is 403 g/mol. The van der Waals surface area contributed by atoms with Crippen LogP contribution in [0.1, 0.15) is 23.7 Å². The second-order valence-corrected chi connectivity index (χ2v) is 7.95. The van der Waals surface area contributed by atoms with Gasteiger partial charge in [0.25, 0.3) is 0 Å². The first-order valence-corrected chi connectivity index (χ1v) is 10.4. The van der Waals surface area contributed by atoms with E-state index < -0.39 is 6.09 Å². The summed E-state index contributed by atoms with van der Waals surface area (Å²) in [7, 11) is 0. The van der Waals surface area contributed by atoms with Crippen LogP contribution >= 0.6 is 11.3 Å². The summed E-state index contributed by atoms with van der Waals surface area (Å²) in [6.07, 6.45) is 1.26. The van der Waals surface area contributed by atoms with Gasteiger partial charge in [0.2, 0.25) is 0 Å². The summed E-state index contributed by atoms with van der Waals surface area (Å²) in [6, 6.07) is 10.4. The lowest BCUT2D eigenvalue weighted by atomic mass is 10.1. The summed E-state index contributed by atoms with van der Waals surface area (Å²) in [6.45, 7) is 6.64. The van der Waals surface area contributed by atoms with E-state index in [4.69, 9.17) is 4.74 Å². The average Bonchev–Trinajstić information content (AvgIpc) is 3.29. The molecule has 0 aliphatic heterocycles. The third-order valence-electron chi connectivity index (χ3n) is 4.81. The van der Waals surface area contributed by atoms with Gasteiger partial charge < -0.3 is 4.74 Å². The van der Waals surface area contributed by atoms with Crippen molar-refractivity contribution in [3.63, 3.8) is 0 Å². The van der Waals surface area contributed by atoms with Crippen LogP contribution in [0.5, 0.6) is 0 Å². The van der Waals surface area contributed by atoms with Gasteiger partial charge in [-0.1, -0.05) is 17.4 Å².